The summed E-state index contributed by atoms with van der Waals surface area (Å²) in [5.41, 5.74) is 2.96. The average molecular weight is 294 g/mol. The van der Waals surface area contributed by atoms with Crippen molar-refractivity contribution in [2.45, 2.75) is 4.90 Å². The minimum absolute atomic E-state index is 0.0511. The van der Waals surface area contributed by atoms with Crippen LogP contribution in [-0.2, 0) is 7.05 Å². The Morgan fingerprint density at radius 2 is 1.52 bits per heavy atom. The lowest BCUT2D eigenvalue weighted by atomic mass is 10.2. The highest BCUT2D eigenvalue weighted by Gasteiger charge is 2.17. The van der Waals surface area contributed by atoms with Gasteiger partial charge in [-0.15, -0.1) is 11.8 Å². The lowest BCUT2D eigenvalue weighted by Gasteiger charge is -2.10. The standard InChI is InChI=1S/C17H14N2OS/c1-18-13-9-5-4-8-12(13)17(20)19-14-10-6-3-7-11(14)15(21-2)16(18)19/h3-10H,1-2H3. The molecule has 0 aliphatic heterocycles. The number of fused-ring (bicyclic) bond motifs is 4. The molecule has 4 aromatic rings. The van der Waals surface area contributed by atoms with Gasteiger partial charge in [-0.2, -0.15) is 0 Å². The van der Waals surface area contributed by atoms with Crippen LogP contribution < -0.4 is 5.56 Å². The van der Waals surface area contributed by atoms with E-state index in [0.717, 1.165) is 32.3 Å². The summed E-state index contributed by atoms with van der Waals surface area (Å²) >= 11 is 1.69. The molecule has 4 rings (SSSR count). The van der Waals surface area contributed by atoms with Gasteiger partial charge < -0.3 is 4.57 Å². The third-order valence-electron chi connectivity index (χ3n) is 4.03. The van der Waals surface area contributed by atoms with E-state index in [1.165, 1.54) is 0 Å². The molecular formula is C17H14N2OS. The van der Waals surface area contributed by atoms with Crippen molar-refractivity contribution in [2.24, 2.45) is 7.05 Å². The highest BCUT2D eigenvalue weighted by molar-refractivity contribution is 7.99. The van der Waals surface area contributed by atoms with Crippen molar-refractivity contribution in [1.82, 2.24) is 8.97 Å². The number of benzene rings is 2. The van der Waals surface area contributed by atoms with E-state index in [9.17, 15) is 4.79 Å². The van der Waals surface area contributed by atoms with Crippen molar-refractivity contribution in [2.75, 3.05) is 6.26 Å². The maximum atomic E-state index is 12.9. The molecule has 0 amide bonds. The zero-order chi connectivity index (χ0) is 14.6. The van der Waals surface area contributed by atoms with Gasteiger partial charge in [-0.1, -0.05) is 30.3 Å². The second-order valence-electron chi connectivity index (χ2n) is 5.09. The van der Waals surface area contributed by atoms with Crippen molar-refractivity contribution >= 4 is 39.2 Å². The fourth-order valence-electron chi connectivity index (χ4n) is 3.09. The van der Waals surface area contributed by atoms with Gasteiger partial charge >= 0.3 is 0 Å². The van der Waals surface area contributed by atoms with E-state index in [1.807, 2.05) is 53.9 Å². The molecule has 2 aromatic heterocycles. The van der Waals surface area contributed by atoms with Crippen LogP contribution in [0.3, 0.4) is 0 Å². The summed E-state index contributed by atoms with van der Waals surface area (Å²) in [5, 5.41) is 1.88. The van der Waals surface area contributed by atoms with Crippen LogP contribution in [-0.4, -0.2) is 15.2 Å². The molecule has 0 fully saturated rings. The molecule has 0 radical (unpaired) electrons. The molecule has 0 saturated heterocycles. The summed E-state index contributed by atoms with van der Waals surface area (Å²) in [6, 6.07) is 15.9. The van der Waals surface area contributed by atoms with Crippen LogP contribution in [0.25, 0.3) is 27.5 Å². The first-order chi connectivity index (χ1) is 10.2. The van der Waals surface area contributed by atoms with Gasteiger partial charge in [0.1, 0.15) is 5.65 Å². The molecule has 0 unspecified atom stereocenters. The third kappa shape index (κ3) is 1.54. The van der Waals surface area contributed by atoms with Crippen molar-refractivity contribution in [1.29, 1.82) is 0 Å². The van der Waals surface area contributed by atoms with Gasteiger partial charge in [0, 0.05) is 12.4 Å². The number of hydrogen-bond donors (Lipinski definition) is 0. The van der Waals surface area contributed by atoms with Crippen molar-refractivity contribution in [3.63, 3.8) is 0 Å². The van der Waals surface area contributed by atoms with E-state index in [2.05, 4.69) is 16.9 Å². The molecular weight excluding hydrogens is 280 g/mol. The Labute approximate surface area is 125 Å². The SMILES string of the molecule is CSc1c2ccccc2n2c(=O)c3ccccc3n(C)c12. The van der Waals surface area contributed by atoms with Crippen LogP contribution in [0.15, 0.2) is 58.2 Å². The Morgan fingerprint density at radius 1 is 0.905 bits per heavy atom. The van der Waals surface area contributed by atoms with Gasteiger partial charge in [-0.25, -0.2) is 0 Å². The monoisotopic (exact) mass is 294 g/mol. The largest absolute Gasteiger partial charge is 0.329 e. The van der Waals surface area contributed by atoms with Crippen LogP contribution in [0.1, 0.15) is 0 Å². The van der Waals surface area contributed by atoms with Crippen LogP contribution in [0, 0.1) is 0 Å². The zero-order valence-electron chi connectivity index (χ0n) is 11.8. The first kappa shape index (κ1) is 12.5. The molecule has 0 saturated carbocycles. The van der Waals surface area contributed by atoms with E-state index >= 15 is 0 Å². The highest BCUT2D eigenvalue weighted by Crippen LogP contribution is 2.33. The molecule has 0 aliphatic carbocycles. The van der Waals surface area contributed by atoms with Gasteiger partial charge in [0.25, 0.3) is 5.56 Å². The highest BCUT2D eigenvalue weighted by atomic mass is 32.2. The van der Waals surface area contributed by atoms with Crippen LogP contribution >= 0.6 is 11.8 Å². The second kappa shape index (κ2) is 4.40. The number of nitrogens with zero attached hydrogens (tertiary/aromatic N) is 2. The fourth-order valence-corrected chi connectivity index (χ4v) is 3.89. The van der Waals surface area contributed by atoms with E-state index < -0.39 is 0 Å². The van der Waals surface area contributed by atoms with E-state index in [4.69, 9.17) is 0 Å². The van der Waals surface area contributed by atoms with E-state index in [-0.39, 0.29) is 5.56 Å². The molecule has 2 heterocycles. The maximum Gasteiger partial charge on any atom is 0.266 e. The minimum Gasteiger partial charge on any atom is -0.329 e. The molecule has 21 heavy (non-hydrogen) atoms. The zero-order valence-corrected chi connectivity index (χ0v) is 12.6. The summed E-state index contributed by atoms with van der Waals surface area (Å²) in [6.45, 7) is 0. The molecule has 104 valence electrons. The summed E-state index contributed by atoms with van der Waals surface area (Å²) in [7, 11) is 2.02. The first-order valence-corrected chi connectivity index (χ1v) is 8.01. The molecule has 0 N–H and O–H groups in total. The smallest absolute Gasteiger partial charge is 0.266 e. The number of aryl methyl sites for hydroxylation is 1. The van der Waals surface area contributed by atoms with Gasteiger partial charge in [0.15, 0.2) is 0 Å². The molecule has 0 bridgehead atoms. The second-order valence-corrected chi connectivity index (χ2v) is 5.91. The van der Waals surface area contributed by atoms with Crippen LogP contribution in [0.5, 0.6) is 0 Å². The Hall–Kier alpha value is -2.20. The number of rotatable bonds is 1. The summed E-state index contributed by atoms with van der Waals surface area (Å²) in [6.07, 6.45) is 2.06. The van der Waals surface area contributed by atoms with E-state index in [1.54, 1.807) is 11.8 Å². The lowest BCUT2D eigenvalue weighted by Crippen LogP contribution is -2.17. The van der Waals surface area contributed by atoms with Crippen molar-refractivity contribution < 1.29 is 0 Å². The third-order valence-corrected chi connectivity index (χ3v) is 4.84. The first-order valence-electron chi connectivity index (χ1n) is 6.79. The molecule has 0 aliphatic rings. The molecule has 0 atom stereocenters. The topological polar surface area (TPSA) is 26.4 Å². The van der Waals surface area contributed by atoms with Gasteiger partial charge in [0.2, 0.25) is 0 Å². The number of aromatic nitrogens is 2. The van der Waals surface area contributed by atoms with E-state index in [0.29, 0.717) is 0 Å². The number of thioether (sulfide) groups is 1. The summed E-state index contributed by atoms with van der Waals surface area (Å²) < 4.78 is 3.95. The Morgan fingerprint density at radius 3 is 2.24 bits per heavy atom. The van der Waals surface area contributed by atoms with Crippen molar-refractivity contribution in [3.05, 3.63) is 58.9 Å². The minimum atomic E-state index is 0.0511. The number of hydrogen-bond acceptors (Lipinski definition) is 2. The maximum absolute atomic E-state index is 12.9. The van der Waals surface area contributed by atoms with Crippen LogP contribution in [0.2, 0.25) is 0 Å². The molecule has 0 spiro atoms. The predicted molar refractivity (Wildman–Crippen MR) is 89.4 cm³/mol. The molecule has 2 aromatic carbocycles. The van der Waals surface area contributed by atoms with Crippen molar-refractivity contribution in [3.8, 4) is 0 Å². The van der Waals surface area contributed by atoms with Gasteiger partial charge in [-0.05, 0) is 24.5 Å². The fraction of sp³-hybridized carbons (Fsp3) is 0.118. The van der Waals surface area contributed by atoms with Gasteiger partial charge in [0.05, 0.1) is 21.3 Å². The Kier molecular flexibility index (Phi) is 2.62. The van der Waals surface area contributed by atoms with Gasteiger partial charge in [-0.3, -0.25) is 9.20 Å². The Balaban J connectivity index is 2.45. The lowest BCUT2D eigenvalue weighted by molar-refractivity contribution is 0.931. The summed E-state index contributed by atoms with van der Waals surface area (Å²) in [4.78, 5) is 14.1. The molecule has 3 nitrogen and oxygen atoms in total. The predicted octanol–water partition coefficient (Wildman–Crippen LogP) is 3.67. The number of para-hydroxylation sites is 2. The Bertz CT molecular complexity index is 1060. The molecule has 4 heteroatoms. The average Bonchev–Trinajstić information content (AvgIpc) is 2.87. The normalized spacial score (nSPS) is 11.7. The summed E-state index contributed by atoms with van der Waals surface area (Å²) in [5.74, 6) is 0. The quantitative estimate of drug-likeness (QED) is 0.501. The van der Waals surface area contributed by atoms with Crippen LogP contribution in [0.4, 0.5) is 0 Å².